The molecule has 0 amide bonds. The molecule has 5 aliphatic heterocycles. The molecule has 0 bridgehead atoms. The lowest BCUT2D eigenvalue weighted by atomic mass is 10.1. The molecule has 10 aromatic rings. The molecule has 101 heavy (non-hydrogen) atoms. The molecule has 0 saturated heterocycles. The number of fused-ring (bicyclic) bond motifs is 5. The highest BCUT2D eigenvalue weighted by atomic mass is 16.5. The fourth-order valence-corrected chi connectivity index (χ4v) is 10.7. The highest BCUT2D eigenvalue weighted by Crippen LogP contribution is 2.40. The summed E-state index contributed by atoms with van der Waals surface area (Å²) in [6.07, 6.45) is 9.47. The van der Waals surface area contributed by atoms with Gasteiger partial charge in [-0.15, -0.1) is 0 Å². The van der Waals surface area contributed by atoms with Gasteiger partial charge >= 0.3 is 0 Å². The maximum absolute atomic E-state index is 12.5. The summed E-state index contributed by atoms with van der Waals surface area (Å²) in [5.74, 6) is 4.10. The molecule has 0 fully saturated rings. The van der Waals surface area contributed by atoms with E-state index in [4.69, 9.17) is 49.5 Å². The molecule has 16 nitrogen and oxygen atoms in total. The third-order valence-corrected chi connectivity index (χ3v) is 16.0. The Hall–Kier alpha value is -14.2. The van der Waals surface area contributed by atoms with E-state index < -0.39 is 0 Å². The number of carbonyl (C=O) groups is 5. The summed E-state index contributed by atoms with van der Waals surface area (Å²) >= 11 is 0. The van der Waals surface area contributed by atoms with Gasteiger partial charge in [-0.2, -0.15) is 21.0 Å². The van der Waals surface area contributed by atoms with Gasteiger partial charge in [0, 0.05) is 6.07 Å². The summed E-state index contributed by atoms with van der Waals surface area (Å²) in [6.45, 7) is 7.93. The maximum atomic E-state index is 12.5. The molecule has 15 rings (SSSR count). The lowest BCUT2D eigenvalue weighted by Crippen LogP contribution is -2.00. The van der Waals surface area contributed by atoms with Gasteiger partial charge in [-0.1, -0.05) is 110 Å². The predicted molar refractivity (Wildman–Crippen MR) is 380 cm³/mol. The van der Waals surface area contributed by atoms with Crippen LogP contribution in [0.4, 0.5) is 0 Å². The molecule has 1 N–H and O–H groups in total. The van der Waals surface area contributed by atoms with Gasteiger partial charge in [-0.3, -0.25) is 24.0 Å². The molecule has 5 aliphatic rings. The van der Waals surface area contributed by atoms with Crippen LogP contribution in [0.25, 0.3) is 30.4 Å². The van der Waals surface area contributed by atoms with E-state index in [0.29, 0.717) is 102 Å². The zero-order valence-electron chi connectivity index (χ0n) is 55.0. The summed E-state index contributed by atoms with van der Waals surface area (Å²) in [6, 6.07) is 70.5. The fourth-order valence-electron chi connectivity index (χ4n) is 10.7. The number of ether oxygens (including phenoxy) is 6. The van der Waals surface area contributed by atoms with Crippen LogP contribution < -0.4 is 28.4 Å². The predicted octanol–water partition coefficient (Wildman–Crippen LogP) is 17.2. The Bertz CT molecular complexity index is 5100. The van der Waals surface area contributed by atoms with E-state index in [-0.39, 0.29) is 46.2 Å². The molecular weight excluding hydrogens is 1270 g/mol. The summed E-state index contributed by atoms with van der Waals surface area (Å²) < 4.78 is 33.2. The third-order valence-electron chi connectivity index (χ3n) is 16.0. The quantitative estimate of drug-likeness (QED) is 0.145. The van der Waals surface area contributed by atoms with Crippen molar-refractivity contribution in [3.63, 3.8) is 0 Å². The van der Waals surface area contributed by atoms with Gasteiger partial charge in [0.25, 0.3) is 0 Å². The molecular formula is C85H58N4O12. The minimum atomic E-state index is -0.218. The summed E-state index contributed by atoms with van der Waals surface area (Å²) in [7, 11) is 1.53. The normalized spacial score (nSPS) is 14.8. The summed E-state index contributed by atoms with van der Waals surface area (Å²) in [5, 5.41) is 44.4. The number of para-hydroxylation sites is 1. The van der Waals surface area contributed by atoms with Crippen molar-refractivity contribution >= 4 is 59.3 Å². The maximum Gasteiger partial charge on any atom is 0.235 e. The Morgan fingerprint density at radius 2 is 0.703 bits per heavy atom. The lowest BCUT2D eigenvalue weighted by molar-refractivity contribution is 0.100. The van der Waals surface area contributed by atoms with E-state index >= 15 is 0 Å². The molecule has 0 aromatic heterocycles. The van der Waals surface area contributed by atoms with Crippen molar-refractivity contribution in [1.82, 2.24) is 0 Å². The van der Waals surface area contributed by atoms with Crippen LogP contribution in [0.2, 0.25) is 0 Å². The largest absolute Gasteiger partial charge is 0.508 e. The van der Waals surface area contributed by atoms with Crippen LogP contribution in [0, 0.1) is 66.1 Å². The minimum absolute atomic E-state index is 0.0461. The standard InChI is InChI=1S/C18H13NO3.2C17H11NO2.C17H14O2.C16H9NO3/c1-11-7-14(21-2)17-15(8-11)22-16(18(17)20)9-12-3-5-13(10-19)6-4-12;1-11-2-7-15-14(8-11)17(19)16(20-15)9-12-3-5-13(10-18)6-4-12;1-11-2-7-14-15(8-11)20-16(17(14)19)9-12-3-5-13(10-18)6-4-12;1-2-12-7-9-13(10-8-12)11-16-17(18)14-5-3-4-6-15(14)19-16;17-9-11-3-1-10(2-4-11)7-15-16(19)13-6-5-12(18)8-14(13)20-15/h3-9H,1-2H3;2*2-9H,1H3;3-11H,2H2,1H3;1-8,18H/b3*16-9-;16-11-;15-7-. The van der Waals surface area contributed by atoms with Crippen LogP contribution in [0.1, 0.15) is 131 Å². The van der Waals surface area contributed by atoms with E-state index in [0.717, 1.165) is 50.9 Å². The number of carbonyl (C=O) groups excluding carboxylic acids is 5. The number of phenols is 1. The van der Waals surface area contributed by atoms with Crippen molar-refractivity contribution in [3.8, 4) is 64.5 Å². The summed E-state index contributed by atoms with van der Waals surface area (Å²) in [4.78, 5) is 61.1. The second-order valence-electron chi connectivity index (χ2n) is 23.2. The Morgan fingerprint density at radius 1 is 0.356 bits per heavy atom. The average Bonchev–Trinajstić information content (AvgIpc) is 1.68. The molecule has 5 heterocycles. The Morgan fingerprint density at radius 3 is 1.14 bits per heavy atom. The van der Waals surface area contributed by atoms with Gasteiger partial charge in [-0.25, -0.2) is 0 Å². The number of aryl methyl sites for hydroxylation is 4. The van der Waals surface area contributed by atoms with E-state index in [1.165, 1.54) is 30.9 Å². The van der Waals surface area contributed by atoms with Crippen molar-refractivity contribution in [3.05, 3.63) is 341 Å². The second kappa shape index (κ2) is 30.7. The van der Waals surface area contributed by atoms with Crippen molar-refractivity contribution in [1.29, 1.82) is 21.0 Å². The monoisotopic (exact) mass is 1330 g/mol. The number of aromatic hydroxyl groups is 1. The first-order valence-electron chi connectivity index (χ1n) is 31.5. The van der Waals surface area contributed by atoms with Gasteiger partial charge in [0.2, 0.25) is 28.9 Å². The SMILES string of the molecule is CCc1ccc(/C=C2\Oc3ccccc3C2=O)cc1.COc1cc(C)cc2c1C(=O)/C(=C/c1ccc(C#N)cc1)O2.Cc1ccc2c(c1)C(=O)/C(=C/c1ccc(C#N)cc1)O2.Cc1ccc2c(c1)O/C(=C\c1ccc(C#N)cc1)C2=O.N#Cc1ccc(/C=C2\Oc3cc(O)ccc3C2=O)cc1. The number of hydrogen-bond acceptors (Lipinski definition) is 16. The van der Waals surface area contributed by atoms with Crippen LogP contribution in [0.5, 0.6) is 40.2 Å². The van der Waals surface area contributed by atoms with Gasteiger partial charge in [0.15, 0.2) is 28.8 Å². The van der Waals surface area contributed by atoms with Gasteiger partial charge in [0.1, 0.15) is 45.8 Å². The van der Waals surface area contributed by atoms with E-state index in [2.05, 4.69) is 37.3 Å². The lowest BCUT2D eigenvalue weighted by Gasteiger charge is -2.05. The molecule has 0 atom stereocenters. The number of Topliss-reactive ketones (excluding diaryl/α,β-unsaturated/α-hetero) is 5. The number of benzene rings is 10. The molecule has 0 aliphatic carbocycles. The Labute approximate surface area is 581 Å². The van der Waals surface area contributed by atoms with Crippen molar-refractivity contribution in [2.24, 2.45) is 0 Å². The van der Waals surface area contributed by atoms with Crippen molar-refractivity contribution < 1.29 is 57.5 Å². The molecule has 0 spiro atoms. The zero-order valence-corrected chi connectivity index (χ0v) is 55.0. The van der Waals surface area contributed by atoms with E-state index in [1.54, 1.807) is 140 Å². The highest BCUT2D eigenvalue weighted by Gasteiger charge is 2.33. The van der Waals surface area contributed by atoms with E-state index in [9.17, 15) is 29.1 Å². The number of phenolic OH excluding ortho intramolecular Hbond substituents is 1. The minimum Gasteiger partial charge on any atom is -0.508 e. The number of rotatable bonds is 7. The number of nitrogens with zero attached hydrogens (tertiary/aromatic N) is 4. The molecule has 16 heteroatoms. The fraction of sp³-hybridized carbons (Fsp3) is 0.0706. The first-order valence-corrected chi connectivity index (χ1v) is 31.5. The third kappa shape index (κ3) is 16.0. The Balaban J connectivity index is 0.000000127. The van der Waals surface area contributed by atoms with Gasteiger partial charge in [0.05, 0.1) is 75.9 Å². The average molecular weight is 1330 g/mol. The van der Waals surface area contributed by atoms with Gasteiger partial charge in [-0.05, 0) is 211 Å². The number of methoxy groups -OCH3 is 1. The molecule has 0 radical (unpaired) electrons. The van der Waals surface area contributed by atoms with Gasteiger partial charge < -0.3 is 33.5 Å². The molecule has 0 unspecified atom stereocenters. The number of nitriles is 4. The zero-order chi connectivity index (χ0) is 71.3. The summed E-state index contributed by atoms with van der Waals surface area (Å²) in [5.41, 5.74) is 13.5. The topological polar surface area (TPSA) is 256 Å². The van der Waals surface area contributed by atoms with Crippen LogP contribution in [-0.2, 0) is 6.42 Å². The van der Waals surface area contributed by atoms with Crippen LogP contribution in [0.15, 0.2) is 241 Å². The molecule has 10 aromatic carbocycles. The molecule has 490 valence electrons. The first kappa shape index (κ1) is 68.2. The Kier molecular flexibility index (Phi) is 20.7. The number of hydrogen-bond donors (Lipinski definition) is 1. The molecule has 0 saturated carbocycles. The van der Waals surface area contributed by atoms with Crippen LogP contribution >= 0.6 is 0 Å². The van der Waals surface area contributed by atoms with Crippen LogP contribution in [0.3, 0.4) is 0 Å². The highest BCUT2D eigenvalue weighted by molar-refractivity contribution is 6.18. The van der Waals surface area contributed by atoms with Crippen LogP contribution in [-0.4, -0.2) is 41.1 Å². The van der Waals surface area contributed by atoms with Crippen molar-refractivity contribution in [2.75, 3.05) is 7.11 Å². The first-order chi connectivity index (χ1) is 48.9. The smallest absolute Gasteiger partial charge is 0.235 e. The van der Waals surface area contributed by atoms with Crippen molar-refractivity contribution in [2.45, 2.75) is 34.1 Å². The number of allylic oxidation sites excluding steroid dienone is 5. The number of ketones is 5. The van der Waals surface area contributed by atoms with E-state index in [1.807, 2.05) is 99.6 Å². The second-order valence-corrected chi connectivity index (χ2v) is 23.2.